The molecule has 1 amide bonds. The number of amides is 1. The van der Waals surface area contributed by atoms with Gasteiger partial charge in [-0.15, -0.1) is 0 Å². The topological polar surface area (TPSA) is 71.3 Å². The highest BCUT2D eigenvalue weighted by molar-refractivity contribution is 5.90. The van der Waals surface area contributed by atoms with Gasteiger partial charge in [0.1, 0.15) is 0 Å². The summed E-state index contributed by atoms with van der Waals surface area (Å²) in [6.45, 7) is 9.22. The van der Waals surface area contributed by atoms with E-state index >= 15 is 0 Å². The van der Waals surface area contributed by atoms with Crippen molar-refractivity contribution in [1.29, 1.82) is 0 Å². The summed E-state index contributed by atoms with van der Waals surface area (Å²) in [6.07, 6.45) is 3.14. The van der Waals surface area contributed by atoms with Crippen molar-refractivity contribution >= 4 is 5.91 Å². The molecule has 2 fully saturated rings. The van der Waals surface area contributed by atoms with E-state index in [1.54, 1.807) is 0 Å². The maximum absolute atomic E-state index is 12.5. The summed E-state index contributed by atoms with van der Waals surface area (Å²) in [4.78, 5) is 18.6. The molecule has 1 N–H and O–H groups in total. The molecule has 0 saturated carbocycles. The monoisotopic (exact) mass is 292 g/mol. The van der Waals surface area contributed by atoms with E-state index in [9.17, 15) is 4.79 Å². The summed E-state index contributed by atoms with van der Waals surface area (Å²) >= 11 is 0. The highest BCUT2D eigenvalue weighted by Crippen LogP contribution is 2.34. The first-order valence-electron chi connectivity index (χ1n) is 7.81. The number of likely N-dealkylation sites (tertiary alicyclic amines) is 1. The zero-order valence-electron chi connectivity index (χ0n) is 13.1. The first-order valence-corrected chi connectivity index (χ1v) is 7.81. The highest BCUT2D eigenvalue weighted by atomic mass is 16.5. The van der Waals surface area contributed by atoms with Crippen LogP contribution in [-0.2, 0) is 0 Å². The summed E-state index contributed by atoms with van der Waals surface area (Å²) in [5.41, 5.74) is 0.227. The third-order valence-electron chi connectivity index (χ3n) is 4.69. The fourth-order valence-corrected chi connectivity index (χ4v) is 3.15. The Morgan fingerprint density at radius 3 is 2.81 bits per heavy atom. The smallest absolute Gasteiger partial charge is 0.295 e. The van der Waals surface area contributed by atoms with E-state index in [1.165, 1.54) is 0 Å². The molecule has 2 unspecified atom stereocenters. The minimum Gasteiger partial charge on any atom is -0.337 e. The maximum Gasteiger partial charge on any atom is 0.295 e. The van der Waals surface area contributed by atoms with E-state index < -0.39 is 0 Å². The Hall–Kier alpha value is -1.43. The molecule has 0 bridgehead atoms. The summed E-state index contributed by atoms with van der Waals surface area (Å²) in [5, 5.41) is 7.18. The fourth-order valence-electron chi connectivity index (χ4n) is 3.15. The van der Waals surface area contributed by atoms with E-state index in [4.69, 9.17) is 4.52 Å². The second kappa shape index (κ2) is 5.40. The van der Waals surface area contributed by atoms with Gasteiger partial charge in [0, 0.05) is 13.1 Å². The van der Waals surface area contributed by atoms with Gasteiger partial charge in [-0.2, -0.15) is 4.98 Å². The van der Waals surface area contributed by atoms with Crippen LogP contribution in [0, 0.1) is 11.3 Å². The average molecular weight is 292 g/mol. The van der Waals surface area contributed by atoms with Crippen molar-refractivity contribution < 1.29 is 9.32 Å². The fraction of sp³-hybridized carbons (Fsp3) is 0.800. The van der Waals surface area contributed by atoms with Crippen LogP contribution in [0.2, 0.25) is 0 Å². The molecule has 6 nitrogen and oxygen atoms in total. The Kier molecular flexibility index (Phi) is 3.73. The zero-order valence-corrected chi connectivity index (χ0v) is 13.1. The van der Waals surface area contributed by atoms with Gasteiger partial charge in [0.25, 0.3) is 11.7 Å². The third-order valence-corrected chi connectivity index (χ3v) is 4.69. The van der Waals surface area contributed by atoms with Gasteiger partial charge in [-0.3, -0.25) is 4.79 Å². The lowest BCUT2D eigenvalue weighted by Gasteiger charge is -2.26. The lowest BCUT2D eigenvalue weighted by molar-refractivity contribution is 0.0761. The first-order chi connectivity index (χ1) is 9.95. The van der Waals surface area contributed by atoms with Crippen LogP contribution in [0.1, 0.15) is 62.6 Å². The van der Waals surface area contributed by atoms with E-state index in [0.717, 1.165) is 38.9 Å². The molecule has 2 aliphatic rings. The molecule has 0 aliphatic carbocycles. The van der Waals surface area contributed by atoms with E-state index in [-0.39, 0.29) is 23.2 Å². The largest absolute Gasteiger partial charge is 0.337 e. The van der Waals surface area contributed by atoms with Crippen molar-refractivity contribution in [2.45, 2.75) is 46.1 Å². The predicted octanol–water partition coefficient (Wildman–Crippen LogP) is 2.00. The number of hydrogen-bond acceptors (Lipinski definition) is 5. The number of aromatic nitrogens is 2. The molecule has 21 heavy (non-hydrogen) atoms. The van der Waals surface area contributed by atoms with Gasteiger partial charge in [-0.1, -0.05) is 25.9 Å². The summed E-state index contributed by atoms with van der Waals surface area (Å²) in [5.74, 6) is 1.18. The number of carbonyl (C=O) groups is 1. The number of rotatable bonds is 2. The second-order valence-corrected chi connectivity index (χ2v) is 7.21. The molecule has 3 heterocycles. The number of nitrogens with one attached hydrogen (secondary N) is 1. The first kappa shape index (κ1) is 14.5. The number of nitrogens with zero attached hydrogens (tertiary/aromatic N) is 3. The van der Waals surface area contributed by atoms with Gasteiger partial charge in [0.15, 0.2) is 0 Å². The predicted molar refractivity (Wildman–Crippen MR) is 77.7 cm³/mol. The Labute approximate surface area is 125 Å². The molecule has 2 saturated heterocycles. The summed E-state index contributed by atoms with van der Waals surface area (Å²) in [6, 6.07) is 0.111. The molecule has 0 radical (unpaired) electrons. The molecule has 1 aromatic heterocycles. The average Bonchev–Trinajstić information content (AvgIpc) is 3.17. The third kappa shape index (κ3) is 2.95. The van der Waals surface area contributed by atoms with Gasteiger partial charge in [-0.05, 0) is 37.1 Å². The van der Waals surface area contributed by atoms with E-state index in [2.05, 4.69) is 36.2 Å². The van der Waals surface area contributed by atoms with Gasteiger partial charge in [0.2, 0.25) is 5.89 Å². The number of hydrogen-bond donors (Lipinski definition) is 1. The molecule has 6 heteroatoms. The SMILES string of the molecule is CC(C)(C)C1CCN(C(=O)c2noc(C3CCCN3)n2)C1. The van der Waals surface area contributed by atoms with Crippen LogP contribution in [-0.4, -0.2) is 40.6 Å². The molecule has 2 aliphatic heterocycles. The van der Waals surface area contributed by atoms with Crippen molar-refractivity contribution in [1.82, 2.24) is 20.4 Å². The van der Waals surface area contributed by atoms with Crippen LogP contribution in [0.3, 0.4) is 0 Å². The molecule has 3 rings (SSSR count). The zero-order chi connectivity index (χ0) is 15.0. The van der Waals surface area contributed by atoms with Gasteiger partial charge >= 0.3 is 0 Å². The number of carbonyl (C=O) groups excluding carboxylic acids is 1. The van der Waals surface area contributed by atoms with Crippen LogP contribution in [0.5, 0.6) is 0 Å². The lowest BCUT2D eigenvalue weighted by Crippen LogP contribution is -2.31. The quantitative estimate of drug-likeness (QED) is 0.902. The molecule has 2 atom stereocenters. The van der Waals surface area contributed by atoms with Crippen molar-refractivity contribution in [2.24, 2.45) is 11.3 Å². The molecule has 116 valence electrons. The van der Waals surface area contributed by atoms with Crippen LogP contribution in [0.15, 0.2) is 4.52 Å². The lowest BCUT2D eigenvalue weighted by atomic mass is 9.80. The van der Waals surface area contributed by atoms with Gasteiger partial charge in [0.05, 0.1) is 6.04 Å². The summed E-state index contributed by atoms with van der Waals surface area (Å²) in [7, 11) is 0. The van der Waals surface area contributed by atoms with Crippen LogP contribution in [0.25, 0.3) is 0 Å². The highest BCUT2D eigenvalue weighted by Gasteiger charge is 2.35. The van der Waals surface area contributed by atoms with Gasteiger partial charge in [-0.25, -0.2) is 0 Å². The molecule has 1 aromatic rings. The van der Waals surface area contributed by atoms with E-state index in [1.807, 2.05) is 4.90 Å². The van der Waals surface area contributed by atoms with E-state index in [0.29, 0.717) is 11.8 Å². The molecular formula is C15H24N4O2. The maximum atomic E-state index is 12.5. The second-order valence-electron chi connectivity index (χ2n) is 7.21. The molecule has 0 aromatic carbocycles. The van der Waals surface area contributed by atoms with Crippen molar-refractivity contribution in [3.05, 3.63) is 11.7 Å². The minimum absolute atomic E-state index is 0.102. The van der Waals surface area contributed by atoms with Crippen LogP contribution < -0.4 is 5.32 Å². The van der Waals surface area contributed by atoms with Crippen molar-refractivity contribution in [3.8, 4) is 0 Å². The van der Waals surface area contributed by atoms with Crippen LogP contribution in [0.4, 0.5) is 0 Å². The normalized spacial score (nSPS) is 26.5. The minimum atomic E-state index is -0.102. The Morgan fingerprint density at radius 1 is 1.38 bits per heavy atom. The summed E-state index contributed by atoms with van der Waals surface area (Å²) < 4.78 is 5.25. The van der Waals surface area contributed by atoms with Crippen LogP contribution >= 0.6 is 0 Å². The van der Waals surface area contributed by atoms with Crippen molar-refractivity contribution in [3.63, 3.8) is 0 Å². The molecule has 0 spiro atoms. The Morgan fingerprint density at radius 2 is 2.19 bits per heavy atom. The Bertz CT molecular complexity index is 514. The van der Waals surface area contributed by atoms with Gasteiger partial charge < -0.3 is 14.7 Å². The van der Waals surface area contributed by atoms with Crippen molar-refractivity contribution in [2.75, 3.05) is 19.6 Å². The Balaban J connectivity index is 1.66. The standard InChI is InChI=1S/C15H24N4O2/c1-15(2,3)10-6-8-19(9-10)14(20)12-17-13(21-18-12)11-5-4-7-16-11/h10-11,16H,4-9H2,1-3H3. The molecular weight excluding hydrogens is 268 g/mol.